The van der Waals surface area contributed by atoms with Gasteiger partial charge in [0.25, 0.3) is 0 Å². The normalized spacial score (nSPS) is 19.5. The van der Waals surface area contributed by atoms with Gasteiger partial charge in [0.05, 0.1) is 24.6 Å². The van der Waals surface area contributed by atoms with Gasteiger partial charge < -0.3 is 9.30 Å². The molecule has 0 radical (unpaired) electrons. The van der Waals surface area contributed by atoms with Crippen LogP contribution in [0.3, 0.4) is 0 Å². The highest BCUT2D eigenvalue weighted by atomic mass is 32.1. The average molecular weight is 320 g/mol. The smallest absolute Gasteiger partial charge is 0.174 e. The molecule has 3 heterocycles. The van der Waals surface area contributed by atoms with E-state index in [0.29, 0.717) is 26.2 Å². The Kier molecular flexibility index (Phi) is 4.66. The monoisotopic (exact) mass is 320 g/mol. The van der Waals surface area contributed by atoms with Gasteiger partial charge >= 0.3 is 0 Å². The summed E-state index contributed by atoms with van der Waals surface area (Å²) in [6.07, 6.45) is 0.483. The largest absolute Gasteiger partial charge is 0.378 e. The van der Waals surface area contributed by atoms with E-state index in [1.165, 1.54) is 11.3 Å². The van der Waals surface area contributed by atoms with E-state index in [1.807, 2.05) is 36.1 Å². The lowest BCUT2D eigenvalue weighted by Gasteiger charge is -2.34. The van der Waals surface area contributed by atoms with Crippen LogP contribution in [0.15, 0.2) is 17.5 Å². The molecule has 0 N–H and O–H groups in total. The number of morpholine rings is 1. The Hall–Kier alpha value is -1.57. The van der Waals surface area contributed by atoms with Crippen LogP contribution in [0.4, 0.5) is 0 Å². The van der Waals surface area contributed by atoms with Crippen LogP contribution in [0.1, 0.15) is 27.7 Å². The van der Waals surface area contributed by atoms with E-state index in [-0.39, 0.29) is 11.8 Å². The van der Waals surface area contributed by atoms with Gasteiger partial charge in [-0.2, -0.15) is 0 Å². The van der Waals surface area contributed by atoms with Crippen molar-refractivity contribution >= 4 is 17.1 Å². The molecule has 2 aromatic heterocycles. The summed E-state index contributed by atoms with van der Waals surface area (Å²) in [6.45, 7) is 4.74. The third kappa shape index (κ3) is 3.26. The van der Waals surface area contributed by atoms with Gasteiger partial charge in [0.2, 0.25) is 0 Å². The van der Waals surface area contributed by atoms with Gasteiger partial charge in [0.15, 0.2) is 5.78 Å². The Morgan fingerprint density at radius 3 is 3.05 bits per heavy atom. The first-order valence-corrected chi connectivity index (χ1v) is 8.26. The van der Waals surface area contributed by atoms with E-state index in [0.717, 1.165) is 23.1 Å². The minimum Gasteiger partial charge on any atom is -0.378 e. The number of hydrogen-bond acceptors (Lipinski definition) is 6. The Morgan fingerprint density at radius 1 is 1.50 bits per heavy atom. The summed E-state index contributed by atoms with van der Waals surface area (Å²) in [5.41, 5.74) is 0. The SMILES string of the molecule is Cc1nnc(CN2CCOC[C@H]2CC(=O)c2cccs2)n1C. The van der Waals surface area contributed by atoms with Crippen LogP contribution in [0.5, 0.6) is 0 Å². The van der Waals surface area contributed by atoms with Gasteiger partial charge in [-0.1, -0.05) is 6.07 Å². The molecule has 118 valence electrons. The molecule has 0 unspecified atom stereocenters. The number of carbonyl (C=O) groups is 1. The molecule has 22 heavy (non-hydrogen) atoms. The first-order chi connectivity index (χ1) is 10.6. The summed E-state index contributed by atoms with van der Waals surface area (Å²) in [4.78, 5) is 15.4. The van der Waals surface area contributed by atoms with E-state index in [9.17, 15) is 4.79 Å². The van der Waals surface area contributed by atoms with Crippen molar-refractivity contribution in [3.63, 3.8) is 0 Å². The minimum absolute atomic E-state index is 0.0976. The van der Waals surface area contributed by atoms with Crippen molar-refractivity contribution < 1.29 is 9.53 Å². The highest BCUT2D eigenvalue weighted by Crippen LogP contribution is 2.18. The predicted octanol–water partition coefficient (Wildman–Crippen LogP) is 1.66. The molecule has 1 aliphatic heterocycles. The highest BCUT2D eigenvalue weighted by Gasteiger charge is 2.27. The van der Waals surface area contributed by atoms with Crippen molar-refractivity contribution in [2.75, 3.05) is 19.8 Å². The molecule has 0 aliphatic carbocycles. The van der Waals surface area contributed by atoms with Gasteiger partial charge in [-0.05, 0) is 18.4 Å². The van der Waals surface area contributed by atoms with E-state index < -0.39 is 0 Å². The number of thiophene rings is 1. The lowest BCUT2D eigenvalue weighted by Crippen LogP contribution is -2.46. The van der Waals surface area contributed by atoms with Crippen LogP contribution in [0.25, 0.3) is 0 Å². The molecule has 0 saturated carbocycles. The summed E-state index contributed by atoms with van der Waals surface area (Å²) in [5, 5.41) is 10.3. The summed E-state index contributed by atoms with van der Waals surface area (Å²) in [6, 6.07) is 3.89. The zero-order valence-electron chi connectivity index (χ0n) is 12.9. The molecule has 7 heteroatoms. The Balaban J connectivity index is 1.68. The molecule has 2 aromatic rings. The summed E-state index contributed by atoms with van der Waals surface area (Å²) in [7, 11) is 1.97. The second kappa shape index (κ2) is 6.68. The van der Waals surface area contributed by atoms with Crippen LogP contribution >= 0.6 is 11.3 Å². The number of Topliss-reactive ketones (excluding diaryl/α,β-unsaturated/α-hetero) is 1. The van der Waals surface area contributed by atoms with E-state index in [4.69, 9.17) is 4.74 Å². The second-order valence-corrected chi connectivity index (χ2v) is 6.47. The van der Waals surface area contributed by atoms with Crippen LogP contribution in [0, 0.1) is 6.92 Å². The molecule has 3 rings (SSSR count). The molecular formula is C15H20N4O2S. The van der Waals surface area contributed by atoms with Gasteiger partial charge in [-0.25, -0.2) is 0 Å². The Labute approximate surface area is 133 Å². The molecule has 1 fully saturated rings. The number of nitrogens with zero attached hydrogens (tertiary/aromatic N) is 4. The number of carbonyl (C=O) groups excluding carboxylic acids is 1. The number of rotatable bonds is 5. The molecule has 0 aromatic carbocycles. The topological polar surface area (TPSA) is 60.2 Å². The fraction of sp³-hybridized carbons (Fsp3) is 0.533. The van der Waals surface area contributed by atoms with Crippen LogP contribution in [-0.2, 0) is 18.3 Å². The lowest BCUT2D eigenvalue weighted by atomic mass is 10.1. The fourth-order valence-electron chi connectivity index (χ4n) is 2.61. The lowest BCUT2D eigenvalue weighted by molar-refractivity contribution is -0.0140. The van der Waals surface area contributed by atoms with Gasteiger partial charge in [-0.3, -0.25) is 9.69 Å². The summed E-state index contributed by atoms with van der Waals surface area (Å²) >= 11 is 1.50. The van der Waals surface area contributed by atoms with E-state index in [1.54, 1.807) is 0 Å². The predicted molar refractivity (Wildman–Crippen MR) is 84.0 cm³/mol. The number of aryl methyl sites for hydroxylation is 1. The van der Waals surface area contributed by atoms with Crippen molar-refractivity contribution in [1.29, 1.82) is 0 Å². The van der Waals surface area contributed by atoms with Crippen molar-refractivity contribution in [3.8, 4) is 0 Å². The highest BCUT2D eigenvalue weighted by molar-refractivity contribution is 7.12. The molecule has 1 aliphatic rings. The van der Waals surface area contributed by atoms with Gasteiger partial charge in [0.1, 0.15) is 11.6 Å². The first-order valence-electron chi connectivity index (χ1n) is 7.38. The number of ether oxygens (including phenoxy) is 1. The van der Waals surface area contributed by atoms with Crippen LogP contribution < -0.4 is 0 Å². The zero-order chi connectivity index (χ0) is 15.5. The maximum absolute atomic E-state index is 12.3. The van der Waals surface area contributed by atoms with Crippen molar-refractivity contribution in [1.82, 2.24) is 19.7 Å². The van der Waals surface area contributed by atoms with Crippen molar-refractivity contribution in [3.05, 3.63) is 34.0 Å². The number of ketones is 1. The Morgan fingerprint density at radius 2 is 2.36 bits per heavy atom. The van der Waals surface area contributed by atoms with E-state index in [2.05, 4.69) is 15.1 Å². The third-order valence-electron chi connectivity index (χ3n) is 4.09. The number of aromatic nitrogens is 3. The van der Waals surface area contributed by atoms with Crippen LogP contribution in [0.2, 0.25) is 0 Å². The van der Waals surface area contributed by atoms with Gasteiger partial charge in [0, 0.05) is 26.1 Å². The first kappa shape index (κ1) is 15.3. The molecule has 1 saturated heterocycles. The maximum Gasteiger partial charge on any atom is 0.174 e. The summed E-state index contributed by atoms with van der Waals surface area (Å²) < 4.78 is 7.56. The molecular weight excluding hydrogens is 300 g/mol. The fourth-order valence-corrected chi connectivity index (χ4v) is 3.28. The third-order valence-corrected chi connectivity index (χ3v) is 5.00. The average Bonchev–Trinajstić information content (AvgIpc) is 3.15. The standard InChI is InChI=1S/C15H20N4O2S/c1-11-16-17-15(18(11)2)9-19-5-6-21-10-12(19)8-13(20)14-4-3-7-22-14/h3-4,7,12H,5-6,8-10H2,1-2H3/t12-/m1/s1. The van der Waals surface area contributed by atoms with Crippen molar-refractivity contribution in [2.45, 2.75) is 25.9 Å². The van der Waals surface area contributed by atoms with Gasteiger partial charge in [-0.15, -0.1) is 21.5 Å². The molecule has 0 bridgehead atoms. The second-order valence-electron chi connectivity index (χ2n) is 5.53. The quantitative estimate of drug-likeness (QED) is 0.784. The Bertz CT molecular complexity index is 638. The molecule has 0 spiro atoms. The van der Waals surface area contributed by atoms with Crippen molar-refractivity contribution in [2.24, 2.45) is 7.05 Å². The van der Waals surface area contributed by atoms with Crippen LogP contribution in [-0.4, -0.2) is 51.2 Å². The number of hydrogen-bond donors (Lipinski definition) is 0. The summed E-state index contributed by atoms with van der Waals surface area (Å²) in [5.74, 6) is 2.01. The molecule has 1 atom stereocenters. The molecule has 6 nitrogen and oxygen atoms in total. The zero-order valence-corrected chi connectivity index (χ0v) is 13.7. The minimum atomic E-state index is 0.0976. The maximum atomic E-state index is 12.3. The van der Waals surface area contributed by atoms with E-state index >= 15 is 0 Å². The molecule has 0 amide bonds.